The van der Waals surface area contributed by atoms with Gasteiger partial charge in [0.25, 0.3) is 0 Å². The fraction of sp³-hybridized carbons (Fsp3) is 1.00. The third kappa shape index (κ3) is 1.48. The van der Waals surface area contributed by atoms with Crippen molar-refractivity contribution in [3.63, 3.8) is 0 Å². The van der Waals surface area contributed by atoms with Gasteiger partial charge in [-0.05, 0) is 0 Å². The minimum Gasteiger partial charge on any atom is -0.264 e. The average molecular weight is 117 g/mol. The number of nitro groups is 1. The van der Waals surface area contributed by atoms with E-state index in [0.717, 1.165) is 0 Å². The predicted octanol–water partition coefficient (Wildman–Crippen LogP) is 1.45. The van der Waals surface area contributed by atoms with Crippen molar-refractivity contribution in [3.8, 4) is 0 Å². The van der Waals surface area contributed by atoms with E-state index < -0.39 is 5.54 Å². The zero-order valence-electron chi connectivity index (χ0n) is 5.47. The summed E-state index contributed by atoms with van der Waals surface area (Å²) in [5, 5.41) is 10.1. The third-order valence-corrected chi connectivity index (χ3v) is 1.36. The van der Waals surface area contributed by atoms with Crippen molar-refractivity contribution in [3.05, 3.63) is 10.1 Å². The first-order chi connectivity index (χ1) is 3.50. The van der Waals surface area contributed by atoms with Crippen LogP contribution in [0.25, 0.3) is 0 Å². The molecule has 3 heteroatoms. The molecule has 8 heavy (non-hydrogen) atoms. The minimum atomic E-state index is -0.736. The smallest absolute Gasteiger partial charge is 0.216 e. The zero-order valence-corrected chi connectivity index (χ0v) is 5.47. The highest BCUT2D eigenvalue weighted by molar-refractivity contribution is 4.61. The molecule has 3 nitrogen and oxygen atoms in total. The summed E-state index contributed by atoms with van der Waals surface area (Å²) in [6.45, 7) is 5.04. The lowest BCUT2D eigenvalue weighted by molar-refractivity contribution is -0.560. The normalized spacial score (nSPS) is 11.4. The molecule has 0 amide bonds. The molecule has 0 aromatic carbocycles. The lowest BCUT2D eigenvalue weighted by Gasteiger charge is -2.10. The average Bonchev–Trinajstić information content (AvgIpc) is 1.67. The molecule has 0 saturated heterocycles. The molecule has 0 rings (SSSR count). The highest BCUT2D eigenvalue weighted by Gasteiger charge is 2.26. The number of hydrogen-bond donors (Lipinski definition) is 0. The molecule has 0 bridgehead atoms. The second-order valence-corrected chi connectivity index (χ2v) is 2.42. The van der Waals surface area contributed by atoms with Gasteiger partial charge in [0.1, 0.15) is 0 Å². The predicted molar refractivity (Wildman–Crippen MR) is 31.4 cm³/mol. The van der Waals surface area contributed by atoms with E-state index in [2.05, 4.69) is 0 Å². The van der Waals surface area contributed by atoms with Crippen LogP contribution in [0.4, 0.5) is 0 Å². The van der Waals surface area contributed by atoms with Crippen molar-refractivity contribution in [2.75, 3.05) is 0 Å². The number of nitrogens with zero attached hydrogens (tertiary/aromatic N) is 1. The molecule has 0 atom stereocenters. The Balaban J connectivity index is 3.91. The summed E-state index contributed by atoms with van der Waals surface area (Å²) in [6, 6.07) is 0. The summed E-state index contributed by atoms with van der Waals surface area (Å²) in [5.41, 5.74) is -0.736. The van der Waals surface area contributed by atoms with Crippen LogP contribution in [0.15, 0.2) is 0 Å². The van der Waals surface area contributed by atoms with Crippen molar-refractivity contribution >= 4 is 0 Å². The van der Waals surface area contributed by atoms with E-state index in [1.54, 1.807) is 13.8 Å². The van der Waals surface area contributed by atoms with E-state index in [-0.39, 0.29) is 4.92 Å². The summed E-state index contributed by atoms with van der Waals surface area (Å²) in [4.78, 5) is 9.80. The summed E-state index contributed by atoms with van der Waals surface area (Å²) < 4.78 is 0. The fourth-order valence-corrected chi connectivity index (χ4v) is 0.129. The second-order valence-electron chi connectivity index (χ2n) is 2.42. The maximum atomic E-state index is 10.1. The Bertz CT molecular complexity index is 98.6. The van der Waals surface area contributed by atoms with E-state index in [0.29, 0.717) is 6.42 Å². The number of hydrogen-bond acceptors (Lipinski definition) is 2. The van der Waals surface area contributed by atoms with Gasteiger partial charge < -0.3 is 0 Å². The molecule has 0 aromatic heterocycles. The molecule has 0 spiro atoms. The molecule has 0 N–H and O–H groups in total. The van der Waals surface area contributed by atoms with E-state index in [9.17, 15) is 10.1 Å². The van der Waals surface area contributed by atoms with Gasteiger partial charge in [-0.2, -0.15) is 0 Å². The maximum Gasteiger partial charge on any atom is 0.216 e. The largest absolute Gasteiger partial charge is 0.264 e. The van der Waals surface area contributed by atoms with E-state index in [4.69, 9.17) is 0 Å². The van der Waals surface area contributed by atoms with E-state index >= 15 is 0 Å². The monoisotopic (exact) mass is 117 g/mol. The van der Waals surface area contributed by atoms with Crippen LogP contribution in [-0.2, 0) is 0 Å². The highest BCUT2D eigenvalue weighted by atomic mass is 16.6. The fourth-order valence-electron chi connectivity index (χ4n) is 0.129. The summed E-state index contributed by atoms with van der Waals surface area (Å²) in [6.07, 6.45) is 0.583. The van der Waals surface area contributed by atoms with Gasteiger partial charge in [0.2, 0.25) is 5.54 Å². The second kappa shape index (κ2) is 2.11. The van der Waals surface area contributed by atoms with Crippen molar-refractivity contribution in [1.82, 2.24) is 0 Å². The van der Waals surface area contributed by atoms with Gasteiger partial charge in [0.15, 0.2) is 0 Å². The first-order valence-corrected chi connectivity index (χ1v) is 2.65. The Labute approximate surface area is 48.9 Å². The zero-order chi connectivity index (χ0) is 6.78. The van der Waals surface area contributed by atoms with Crippen LogP contribution in [0.1, 0.15) is 27.2 Å². The molecule has 0 aliphatic heterocycles. The van der Waals surface area contributed by atoms with Crippen molar-refractivity contribution in [1.29, 1.82) is 0 Å². The van der Waals surface area contributed by atoms with Crippen LogP contribution in [0.5, 0.6) is 0 Å². The van der Waals surface area contributed by atoms with Gasteiger partial charge in [-0.15, -0.1) is 0 Å². The third-order valence-electron chi connectivity index (χ3n) is 1.36. The maximum absolute atomic E-state index is 10.1. The van der Waals surface area contributed by atoms with Crippen LogP contribution in [0, 0.1) is 10.1 Å². The first kappa shape index (κ1) is 7.40. The lowest BCUT2D eigenvalue weighted by atomic mass is 10.0. The molecule has 0 aliphatic carbocycles. The van der Waals surface area contributed by atoms with Gasteiger partial charge in [-0.3, -0.25) is 10.1 Å². The molecule has 0 aliphatic rings. The molecule has 48 valence electrons. The van der Waals surface area contributed by atoms with Crippen LogP contribution < -0.4 is 0 Å². The Morgan fingerprint density at radius 1 is 1.62 bits per heavy atom. The SMILES string of the molecule is CCC(C)(C)[N+](=O)[O-]. The van der Waals surface area contributed by atoms with Gasteiger partial charge in [-0.25, -0.2) is 0 Å². The van der Waals surface area contributed by atoms with Gasteiger partial charge in [0, 0.05) is 25.2 Å². The summed E-state index contributed by atoms with van der Waals surface area (Å²) in [5.74, 6) is 0. The van der Waals surface area contributed by atoms with Crippen molar-refractivity contribution in [2.45, 2.75) is 32.7 Å². The van der Waals surface area contributed by atoms with Crippen LogP contribution in [0.3, 0.4) is 0 Å². The molecule has 0 heterocycles. The molecular formula is C5H11NO2. The Hall–Kier alpha value is -0.600. The summed E-state index contributed by atoms with van der Waals surface area (Å²) in [7, 11) is 0. The van der Waals surface area contributed by atoms with E-state index in [1.165, 1.54) is 0 Å². The van der Waals surface area contributed by atoms with E-state index in [1.807, 2.05) is 6.92 Å². The Morgan fingerprint density at radius 3 is 2.00 bits per heavy atom. The van der Waals surface area contributed by atoms with Crippen molar-refractivity contribution in [2.24, 2.45) is 0 Å². The van der Waals surface area contributed by atoms with Crippen LogP contribution >= 0.6 is 0 Å². The molecule has 0 aromatic rings. The quantitative estimate of drug-likeness (QED) is 0.406. The molecule has 0 unspecified atom stereocenters. The Kier molecular flexibility index (Phi) is 1.95. The highest BCUT2D eigenvalue weighted by Crippen LogP contribution is 2.10. The van der Waals surface area contributed by atoms with Gasteiger partial charge in [-0.1, -0.05) is 6.92 Å². The topological polar surface area (TPSA) is 43.1 Å². The molecular weight excluding hydrogens is 106 g/mol. The molecule has 0 fully saturated rings. The first-order valence-electron chi connectivity index (χ1n) is 2.65. The van der Waals surface area contributed by atoms with Crippen LogP contribution in [0.2, 0.25) is 0 Å². The standard InChI is InChI=1S/C5H11NO2/c1-4-5(2,3)6(7)8/h4H2,1-3H3. The van der Waals surface area contributed by atoms with Crippen LogP contribution in [-0.4, -0.2) is 10.5 Å². The van der Waals surface area contributed by atoms with Gasteiger partial charge >= 0.3 is 0 Å². The Morgan fingerprint density at radius 2 is 2.00 bits per heavy atom. The van der Waals surface area contributed by atoms with Crippen molar-refractivity contribution < 1.29 is 4.92 Å². The van der Waals surface area contributed by atoms with Gasteiger partial charge in [0.05, 0.1) is 0 Å². The molecule has 0 radical (unpaired) electrons. The molecule has 0 saturated carbocycles. The number of rotatable bonds is 2. The summed E-state index contributed by atoms with van der Waals surface area (Å²) >= 11 is 0. The minimum absolute atomic E-state index is 0.257. The lowest BCUT2D eigenvalue weighted by Crippen LogP contribution is -2.29.